The third kappa shape index (κ3) is 4.91. The summed E-state index contributed by atoms with van der Waals surface area (Å²) in [7, 11) is 0. The molecule has 1 fully saturated rings. The lowest BCUT2D eigenvalue weighted by atomic mass is 10.0. The summed E-state index contributed by atoms with van der Waals surface area (Å²) in [5.74, 6) is 6.30. The Morgan fingerprint density at radius 2 is 2.09 bits per heavy atom. The van der Waals surface area contributed by atoms with E-state index in [0.717, 1.165) is 29.8 Å². The first-order valence-electron chi connectivity index (χ1n) is 10.7. The molecule has 0 radical (unpaired) electrons. The van der Waals surface area contributed by atoms with Crippen LogP contribution in [0.3, 0.4) is 0 Å². The van der Waals surface area contributed by atoms with Crippen LogP contribution in [0.4, 0.5) is 0 Å². The van der Waals surface area contributed by atoms with Gasteiger partial charge >= 0.3 is 0 Å². The Morgan fingerprint density at radius 1 is 1.30 bits per heavy atom. The molecule has 9 nitrogen and oxygen atoms in total. The number of halogens is 1. The number of nitrogens with zero attached hydrogens (tertiary/aromatic N) is 7. The number of piperidine rings is 1. The van der Waals surface area contributed by atoms with E-state index < -0.39 is 0 Å². The first-order chi connectivity index (χ1) is 16.0. The molecular formula is C23H25ClN8O. The highest BCUT2D eigenvalue weighted by atomic mass is 35.5. The highest BCUT2D eigenvalue weighted by Gasteiger charge is 2.21. The van der Waals surface area contributed by atoms with E-state index in [2.05, 4.69) is 21.3 Å². The molecule has 1 atom stereocenters. The van der Waals surface area contributed by atoms with E-state index in [4.69, 9.17) is 32.4 Å². The first kappa shape index (κ1) is 22.6. The number of nitriles is 1. The zero-order valence-electron chi connectivity index (χ0n) is 18.5. The average molecular weight is 465 g/mol. The van der Waals surface area contributed by atoms with Crippen molar-refractivity contribution in [1.82, 2.24) is 19.3 Å². The number of hydrogen-bond acceptors (Lipinski definition) is 8. The van der Waals surface area contributed by atoms with Gasteiger partial charge in [-0.05, 0) is 44.9 Å². The van der Waals surface area contributed by atoms with Crippen molar-refractivity contribution in [2.75, 3.05) is 13.1 Å². The molecule has 1 saturated heterocycles. The Balaban J connectivity index is 1.65. The van der Waals surface area contributed by atoms with Gasteiger partial charge in [-0.2, -0.15) is 10.4 Å². The molecule has 0 bridgehead atoms. The summed E-state index contributed by atoms with van der Waals surface area (Å²) in [6.07, 6.45) is 6.80. The Morgan fingerprint density at radius 3 is 2.76 bits per heavy atom. The Labute approximate surface area is 197 Å². The first-order valence-corrected chi connectivity index (χ1v) is 11.1. The zero-order valence-corrected chi connectivity index (χ0v) is 19.3. The second-order valence-corrected chi connectivity index (χ2v) is 8.27. The number of likely N-dealkylation sites (tertiary alicyclic amines) is 1. The monoisotopic (exact) mass is 464 g/mol. The predicted molar refractivity (Wildman–Crippen MR) is 128 cm³/mol. The van der Waals surface area contributed by atoms with Crippen LogP contribution in [0.25, 0.3) is 5.65 Å². The van der Waals surface area contributed by atoms with Crippen LogP contribution in [0.1, 0.15) is 44.1 Å². The summed E-state index contributed by atoms with van der Waals surface area (Å²) in [5.41, 5.74) is 3.40. The van der Waals surface area contributed by atoms with Crippen molar-refractivity contribution < 1.29 is 4.74 Å². The molecule has 2 N–H and O–H groups in total. The second kappa shape index (κ2) is 9.88. The van der Waals surface area contributed by atoms with E-state index in [-0.39, 0.29) is 12.1 Å². The van der Waals surface area contributed by atoms with Crippen molar-refractivity contribution in [2.24, 2.45) is 15.9 Å². The average Bonchev–Trinajstić information content (AvgIpc) is 3.21. The molecule has 33 heavy (non-hydrogen) atoms. The van der Waals surface area contributed by atoms with Crippen molar-refractivity contribution >= 4 is 28.7 Å². The normalized spacial score (nSPS) is 16.6. The fourth-order valence-corrected chi connectivity index (χ4v) is 4.15. The molecule has 3 aromatic heterocycles. The minimum atomic E-state index is -0.318. The maximum absolute atomic E-state index is 9.05. The van der Waals surface area contributed by atoms with Gasteiger partial charge in [-0.3, -0.25) is 14.4 Å². The van der Waals surface area contributed by atoms with Crippen LogP contribution in [-0.4, -0.2) is 49.8 Å². The van der Waals surface area contributed by atoms with Gasteiger partial charge in [0, 0.05) is 30.9 Å². The van der Waals surface area contributed by atoms with Gasteiger partial charge in [-0.1, -0.05) is 17.7 Å². The van der Waals surface area contributed by atoms with E-state index in [9.17, 15) is 0 Å². The molecule has 1 aliphatic heterocycles. The number of aromatic nitrogens is 3. The number of nitrogens with two attached hydrogens (primary N) is 1. The number of hydrogen-bond donors (Lipinski definition) is 1. The zero-order chi connectivity index (χ0) is 23.4. The fourth-order valence-electron chi connectivity index (χ4n) is 3.93. The van der Waals surface area contributed by atoms with Crippen LogP contribution in [-0.2, 0) is 0 Å². The molecule has 3 aromatic rings. The number of hydrazone groups is 1. The molecule has 0 aromatic carbocycles. The molecule has 0 amide bonds. The SMILES string of the molecule is CC(=NC1CCN(C#N)CC1)/C(=N\N)c1cc(OC(C)c2ccccn2)n2c(Cl)cnc2c1. The number of rotatable bonds is 6. The standard InChI is InChI=1S/C23H25ClN8O/c1-15(29-18-6-9-31(14-25)10-7-18)23(30-26)17-11-21-28-13-20(24)32(21)22(12-17)33-16(2)19-5-3-4-8-27-19/h3-5,8,11-13,16,18H,6-7,9-10,26H2,1-2H3/b29-15?,30-23+. The highest BCUT2D eigenvalue weighted by Crippen LogP contribution is 2.27. The van der Waals surface area contributed by atoms with E-state index in [1.54, 1.807) is 21.7 Å². The molecule has 0 saturated carbocycles. The van der Waals surface area contributed by atoms with E-state index in [1.807, 2.05) is 44.2 Å². The molecular weight excluding hydrogens is 440 g/mol. The van der Waals surface area contributed by atoms with Crippen LogP contribution in [0.15, 0.2) is 52.8 Å². The quantitative estimate of drug-likeness (QED) is 0.258. The molecule has 4 heterocycles. The van der Waals surface area contributed by atoms with Crippen molar-refractivity contribution in [2.45, 2.75) is 38.8 Å². The topological polar surface area (TPSA) is 117 Å². The smallest absolute Gasteiger partial charge is 0.201 e. The summed E-state index contributed by atoms with van der Waals surface area (Å²) < 4.78 is 7.97. The van der Waals surface area contributed by atoms with Gasteiger partial charge in [-0.25, -0.2) is 4.98 Å². The van der Waals surface area contributed by atoms with Gasteiger partial charge in [0.1, 0.15) is 22.6 Å². The summed E-state index contributed by atoms with van der Waals surface area (Å²) in [6, 6.07) is 9.49. The summed E-state index contributed by atoms with van der Waals surface area (Å²) in [4.78, 5) is 15.4. The highest BCUT2D eigenvalue weighted by molar-refractivity contribution is 6.47. The van der Waals surface area contributed by atoms with Crippen LogP contribution in [0, 0.1) is 11.5 Å². The van der Waals surface area contributed by atoms with Crippen LogP contribution in [0.5, 0.6) is 5.88 Å². The number of ether oxygens (including phenoxy) is 1. The Kier molecular flexibility index (Phi) is 6.75. The lowest BCUT2D eigenvalue weighted by Gasteiger charge is -2.26. The minimum Gasteiger partial charge on any atom is -0.469 e. The fraction of sp³-hybridized carbons (Fsp3) is 0.348. The van der Waals surface area contributed by atoms with Gasteiger partial charge in [0.05, 0.1) is 23.6 Å². The summed E-state index contributed by atoms with van der Waals surface area (Å²) in [5, 5.41) is 13.5. The number of fused-ring (bicyclic) bond motifs is 1. The molecule has 0 spiro atoms. The van der Waals surface area contributed by atoms with Gasteiger partial charge in [0.25, 0.3) is 0 Å². The maximum atomic E-state index is 9.05. The van der Waals surface area contributed by atoms with Crippen LogP contribution in [0.2, 0.25) is 5.15 Å². The molecule has 4 rings (SSSR count). The van der Waals surface area contributed by atoms with E-state index in [1.165, 1.54) is 0 Å². The second-order valence-electron chi connectivity index (χ2n) is 7.88. The van der Waals surface area contributed by atoms with Crippen molar-refractivity contribution in [3.05, 3.63) is 59.1 Å². The van der Waals surface area contributed by atoms with E-state index >= 15 is 0 Å². The van der Waals surface area contributed by atoms with Crippen LogP contribution < -0.4 is 10.6 Å². The lowest BCUT2D eigenvalue weighted by Crippen LogP contribution is -2.32. The van der Waals surface area contributed by atoms with Crippen molar-refractivity contribution in [3.8, 4) is 12.1 Å². The van der Waals surface area contributed by atoms with Gasteiger partial charge in [0.2, 0.25) is 5.88 Å². The van der Waals surface area contributed by atoms with Crippen molar-refractivity contribution in [1.29, 1.82) is 5.26 Å². The number of aliphatic imine (C=N–C) groups is 1. The molecule has 0 aliphatic carbocycles. The minimum absolute atomic E-state index is 0.121. The van der Waals surface area contributed by atoms with Crippen molar-refractivity contribution in [3.63, 3.8) is 0 Å². The largest absolute Gasteiger partial charge is 0.469 e. The third-order valence-electron chi connectivity index (χ3n) is 5.66. The summed E-state index contributed by atoms with van der Waals surface area (Å²) >= 11 is 6.39. The van der Waals surface area contributed by atoms with Crippen LogP contribution >= 0.6 is 11.6 Å². The predicted octanol–water partition coefficient (Wildman–Crippen LogP) is 3.59. The number of pyridine rings is 2. The molecule has 1 aliphatic rings. The molecule has 1 unspecified atom stereocenters. The molecule has 10 heteroatoms. The Hall–Kier alpha value is -3.64. The van der Waals surface area contributed by atoms with Gasteiger partial charge in [0.15, 0.2) is 6.19 Å². The van der Waals surface area contributed by atoms with Gasteiger partial charge < -0.3 is 15.5 Å². The maximum Gasteiger partial charge on any atom is 0.201 e. The summed E-state index contributed by atoms with van der Waals surface area (Å²) in [6.45, 7) is 5.22. The lowest BCUT2D eigenvalue weighted by molar-refractivity contribution is 0.210. The Bertz CT molecular complexity index is 1220. The third-order valence-corrected chi connectivity index (χ3v) is 5.93. The number of imidazole rings is 1. The van der Waals surface area contributed by atoms with E-state index in [0.29, 0.717) is 35.5 Å². The van der Waals surface area contributed by atoms with Gasteiger partial charge in [-0.15, -0.1) is 0 Å². The molecule has 170 valence electrons.